The molecule has 0 radical (unpaired) electrons. The summed E-state index contributed by atoms with van der Waals surface area (Å²) in [6.07, 6.45) is 1.58. The highest BCUT2D eigenvalue weighted by molar-refractivity contribution is 7.98. The SMILES string of the molecule is CSCC[C@H](NC(=O)OCc1ccccc1)C(=O)Oc1ccc2c(C)c(C)c(=O)oc2c1. The van der Waals surface area contributed by atoms with E-state index in [9.17, 15) is 14.4 Å². The fourth-order valence-electron chi connectivity index (χ4n) is 3.07. The minimum absolute atomic E-state index is 0.0967. The molecule has 1 amide bonds. The highest BCUT2D eigenvalue weighted by atomic mass is 32.2. The quantitative estimate of drug-likeness (QED) is 0.306. The number of benzene rings is 2. The van der Waals surface area contributed by atoms with Crippen molar-refractivity contribution in [2.75, 3.05) is 12.0 Å². The molecule has 0 aliphatic heterocycles. The van der Waals surface area contributed by atoms with E-state index in [1.807, 2.05) is 43.5 Å². The minimum Gasteiger partial charge on any atom is -0.445 e. The third-order valence-electron chi connectivity index (χ3n) is 5.05. The van der Waals surface area contributed by atoms with Gasteiger partial charge in [0.05, 0.1) is 0 Å². The molecule has 1 heterocycles. The van der Waals surface area contributed by atoms with Crippen molar-refractivity contribution in [3.8, 4) is 5.75 Å². The molecule has 0 fully saturated rings. The predicted octanol–water partition coefficient (Wildman–Crippen LogP) is 4.36. The van der Waals surface area contributed by atoms with E-state index in [1.165, 1.54) is 6.07 Å². The van der Waals surface area contributed by atoms with Crippen LogP contribution in [-0.2, 0) is 16.1 Å². The molecular weight excluding hydrogens is 430 g/mol. The molecule has 2 aromatic carbocycles. The highest BCUT2D eigenvalue weighted by Gasteiger charge is 2.24. The van der Waals surface area contributed by atoms with Crippen LogP contribution in [0.3, 0.4) is 0 Å². The number of nitrogens with one attached hydrogen (secondary N) is 1. The number of alkyl carbamates (subject to hydrolysis) is 1. The first kappa shape index (κ1) is 23.4. The summed E-state index contributed by atoms with van der Waals surface area (Å²) < 4.78 is 16.0. The largest absolute Gasteiger partial charge is 0.445 e. The van der Waals surface area contributed by atoms with Gasteiger partial charge in [-0.2, -0.15) is 11.8 Å². The van der Waals surface area contributed by atoms with Gasteiger partial charge in [0, 0.05) is 17.0 Å². The summed E-state index contributed by atoms with van der Waals surface area (Å²) >= 11 is 1.55. The Hall–Kier alpha value is -3.26. The summed E-state index contributed by atoms with van der Waals surface area (Å²) in [5.41, 5.74) is 2.10. The van der Waals surface area contributed by atoms with Crippen LogP contribution in [0.4, 0.5) is 4.79 Å². The first-order valence-electron chi connectivity index (χ1n) is 10.1. The number of hydrogen-bond donors (Lipinski definition) is 1. The standard InChI is InChI=1S/C24H25NO6S/c1-15-16(2)22(26)31-21-13-18(9-10-19(15)21)30-23(27)20(11-12-32-3)25-24(28)29-14-17-7-5-4-6-8-17/h4-10,13,20H,11-12,14H2,1-3H3,(H,25,28)/t20-/m0/s1. The molecule has 0 saturated carbocycles. The van der Waals surface area contributed by atoms with Crippen LogP contribution in [0.5, 0.6) is 5.75 Å². The van der Waals surface area contributed by atoms with Crippen LogP contribution in [0.25, 0.3) is 11.0 Å². The summed E-state index contributed by atoms with van der Waals surface area (Å²) in [6, 6.07) is 13.2. The summed E-state index contributed by atoms with van der Waals surface area (Å²) in [5.74, 6) is 0.243. The van der Waals surface area contributed by atoms with Crippen LogP contribution < -0.4 is 15.7 Å². The Kier molecular flexibility index (Phi) is 7.94. The fraction of sp³-hybridized carbons (Fsp3) is 0.292. The van der Waals surface area contributed by atoms with Gasteiger partial charge in [-0.05, 0) is 55.5 Å². The first-order chi connectivity index (χ1) is 15.4. The maximum atomic E-state index is 12.8. The molecule has 1 N–H and O–H groups in total. The number of carbonyl (C=O) groups excluding carboxylic acids is 2. The van der Waals surface area contributed by atoms with Crippen molar-refractivity contribution >= 4 is 34.8 Å². The molecular formula is C24H25NO6S. The molecule has 1 aromatic heterocycles. The molecule has 0 saturated heterocycles. The van der Waals surface area contributed by atoms with Crippen LogP contribution in [-0.4, -0.2) is 30.1 Å². The Labute approximate surface area is 190 Å². The Morgan fingerprint density at radius 1 is 1.09 bits per heavy atom. The number of carbonyl (C=O) groups is 2. The number of rotatable bonds is 8. The van der Waals surface area contributed by atoms with Gasteiger partial charge in [-0.25, -0.2) is 14.4 Å². The molecule has 0 aliphatic carbocycles. The van der Waals surface area contributed by atoms with Crippen LogP contribution >= 0.6 is 11.8 Å². The Bertz CT molecular complexity index is 1160. The summed E-state index contributed by atoms with van der Waals surface area (Å²) in [4.78, 5) is 37.0. The normalized spacial score (nSPS) is 11.7. The highest BCUT2D eigenvalue weighted by Crippen LogP contribution is 2.24. The lowest BCUT2D eigenvalue weighted by atomic mass is 10.1. The zero-order valence-electron chi connectivity index (χ0n) is 18.2. The van der Waals surface area contributed by atoms with Crippen molar-refractivity contribution in [1.82, 2.24) is 5.32 Å². The van der Waals surface area contributed by atoms with Gasteiger partial charge in [0.15, 0.2) is 0 Å². The second kappa shape index (κ2) is 10.9. The van der Waals surface area contributed by atoms with Crippen LogP contribution in [0.1, 0.15) is 23.1 Å². The van der Waals surface area contributed by atoms with Crippen molar-refractivity contribution in [2.45, 2.75) is 32.9 Å². The lowest BCUT2D eigenvalue weighted by Crippen LogP contribution is -2.43. The summed E-state index contributed by atoms with van der Waals surface area (Å²) in [5, 5.41) is 3.35. The van der Waals surface area contributed by atoms with Gasteiger partial charge in [0.25, 0.3) is 0 Å². The molecule has 0 unspecified atom stereocenters. The molecule has 0 aliphatic rings. The number of ether oxygens (including phenoxy) is 2. The molecule has 1 atom stereocenters. The van der Waals surface area contributed by atoms with Crippen molar-refractivity contribution in [3.63, 3.8) is 0 Å². The number of thioether (sulfide) groups is 1. The molecule has 168 valence electrons. The zero-order valence-corrected chi connectivity index (χ0v) is 19.0. The van der Waals surface area contributed by atoms with Gasteiger partial charge in [-0.1, -0.05) is 30.3 Å². The maximum Gasteiger partial charge on any atom is 0.408 e. The molecule has 8 heteroatoms. The van der Waals surface area contributed by atoms with E-state index < -0.39 is 23.7 Å². The lowest BCUT2D eigenvalue weighted by molar-refractivity contribution is -0.136. The van der Waals surface area contributed by atoms with E-state index in [4.69, 9.17) is 13.9 Å². The molecule has 3 aromatic rings. The van der Waals surface area contributed by atoms with Gasteiger partial charge in [-0.15, -0.1) is 0 Å². The van der Waals surface area contributed by atoms with Crippen molar-refractivity contribution in [3.05, 3.63) is 75.6 Å². The Morgan fingerprint density at radius 2 is 1.84 bits per heavy atom. The third-order valence-corrected chi connectivity index (χ3v) is 5.69. The van der Waals surface area contributed by atoms with Crippen LogP contribution in [0, 0.1) is 13.8 Å². The fourth-order valence-corrected chi connectivity index (χ4v) is 3.54. The number of amides is 1. The molecule has 3 rings (SSSR count). The van der Waals surface area contributed by atoms with Gasteiger partial charge in [0.2, 0.25) is 0 Å². The van der Waals surface area contributed by atoms with Gasteiger partial charge < -0.3 is 19.2 Å². The van der Waals surface area contributed by atoms with Crippen molar-refractivity contribution in [1.29, 1.82) is 0 Å². The van der Waals surface area contributed by atoms with E-state index in [2.05, 4.69) is 5.32 Å². The average Bonchev–Trinajstić information content (AvgIpc) is 2.79. The smallest absolute Gasteiger partial charge is 0.408 e. The van der Waals surface area contributed by atoms with E-state index in [-0.39, 0.29) is 12.4 Å². The Balaban J connectivity index is 1.69. The van der Waals surface area contributed by atoms with E-state index in [1.54, 1.807) is 30.8 Å². The summed E-state index contributed by atoms with van der Waals surface area (Å²) in [7, 11) is 0. The van der Waals surface area contributed by atoms with E-state index >= 15 is 0 Å². The molecule has 0 spiro atoms. The number of aryl methyl sites for hydroxylation is 1. The Morgan fingerprint density at radius 3 is 2.56 bits per heavy atom. The van der Waals surface area contributed by atoms with Gasteiger partial charge in [0.1, 0.15) is 24.0 Å². The molecule has 32 heavy (non-hydrogen) atoms. The van der Waals surface area contributed by atoms with Crippen molar-refractivity contribution in [2.24, 2.45) is 0 Å². The lowest BCUT2D eigenvalue weighted by Gasteiger charge is -2.17. The predicted molar refractivity (Wildman–Crippen MR) is 124 cm³/mol. The summed E-state index contributed by atoms with van der Waals surface area (Å²) in [6.45, 7) is 3.64. The van der Waals surface area contributed by atoms with E-state index in [0.717, 1.165) is 16.5 Å². The maximum absolute atomic E-state index is 12.8. The second-order valence-corrected chi connectivity index (χ2v) is 8.24. The zero-order chi connectivity index (χ0) is 23.1. The minimum atomic E-state index is -0.881. The van der Waals surface area contributed by atoms with E-state index in [0.29, 0.717) is 23.3 Å². The molecule has 7 nitrogen and oxygen atoms in total. The molecule has 0 bridgehead atoms. The first-order valence-corrected chi connectivity index (χ1v) is 11.5. The monoisotopic (exact) mass is 455 g/mol. The second-order valence-electron chi connectivity index (χ2n) is 7.26. The third kappa shape index (κ3) is 5.91. The van der Waals surface area contributed by atoms with Gasteiger partial charge in [-0.3, -0.25) is 0 Å². The number of fused-ring (bicyclic) bond motifs is 1. The topological polar surface area (TPSA) is 94.8 Å². The average molecular weight is 456 g/mol. The number of esters is 1. The van der Waals surface area contributed by atoms with Gasteiger partial charge >= 0.3 is 17.7 Å². The van der Waals surface area contributed by atoms with Crippen LogP contribution in [0.2, 0.25) is 0 Å². The van der Waals surface area contributed by atoms with Crippen LogP contribution in [0.15, 0.2) is 57.7 Å². The van der Waals surface area contributed by atoms with Crippen molar-refractivity contribution < 1.29 is 23.5 Å². The number of hydrogen-bond acceptors (Lipinski definition) is 7.